The Labute approximate surface area is 114 Å². The van der Waals surface area contributed by atoms with Gasteiger partial charge in [0.05, 0.1) is 0 Å². The molecule has 1 heteroatoms. The van der Waals surface area contributed by atoms with Crippen molar-refractivity contribution in [3.63, 3.8) is 0 Å². The van der Waals surface area contributed by atoms with E-state index < -0.39 is 0 Å². The highest BCUT2D eigenvalue weighted by molar-refractivity contribution is 5.50. The Morgan fingerprint density at radius 2 is 1.67 bits per heavy atom. The highest BCUT2D eigenvalue weighted by Gasteiger charge is 2.47. The molecular formula is C17H31N. The lowest BCUT2D eigenvalue weighted by Crippen LogP contribution is -2.52. The summed E-state index contributed by atoms with van der Waals surface area (Å²) in [6.45, 7) is 13.6. The lowest BCUT2D eigenvalue weighted by molar-refractivity contribution is 0.225. The van der Waals surface area contributed by atoms with Crippen molar-refractivity contribution >= 4 is 0 Å². The van der Waals surface area contributed by atoms with E-state index in [2.05, 4.69) is 47.6 Å². The fraction of sp³-hybridized carbons (Fsp3) is 0.765. The van der Waals surface area contributed by atoms with Gasteiger partial charge in [-0.1, -0.05) is 46.3 Å². The molecule has 104 valence electrons. The second-order valence-electron chi connectivity index (χ2n) is 5.78. The van der Waals surface area contributed by atoms with E-state index in [1.54, 1.807) is 16.7 Å². The van der Waals surface area contributed by atoms with Crippen LogP contribution in [0.2, 0.25) is 0 Å². The number of allylic oxidation sites excluding steroid dienone is 2. The van der Waals surface area contributed by atoms with Gasteiger partial charge in [0.25, 0.3) is 0 Å². The van der Waals surface area contributed by atoms with Gasteiger partial charge in [0, 0.05) is 11.0 Å². The van der Waals surface area contributed by atoms with Crippen LogP contribution in [0.4, 0.5) is 0 Å². The van der Waals surface area contributed by atoms with Gasteiger partial charge >= 0.3 is 0 Å². The maximum Gasteiger partial charge on any atom is 0.0277 e. The molecule has 1 aliphatic rings. The minimum atomic E-state index is -0.134. The van der Waals surface area contributed by atoms with Crippen molar-refractivity contribution in [2.24, 2.45) is 11.1 Å². The summed E-state index contributed by atoms with van der Waals surface area (Å²) in [7, 11) is 0. The standard InChI is InChI=1S/C17H31N/c1-7-13-12-17(11-5,16(6,18)10-4)15(9-3)14(13)8-2/h12H,7-11,18H2,1-6H3. The summed E-state index contributed by atoms with van der Waals surface area (Å²) in [6, 6.07) is 0. The van der Waals surface area contributed by atoms with Crippen LogP contribution in [0.3, 0.4) is 0 Å². The molecule has 18 heavy (non-hydrogen) atoms. The molecule has 0 radical (unpaired) electrons. The molecule has 1 rings (SSSR count). The zero-order valence-electron chi connectivity index (χ0n) is 13.2. The Morgan fingerprint density at radius 1 is 1.06 bits per heavy atom. The molecule has 2 N–H and O–H groups in total. The monoisotopic (exact) mass is 249 g/mol. The van der Waals surface area contributed by atoms with Gasteiger partial charge in [0.15, 0.2) is 0 Å². The first-order valence-corrected chi connectivity index (χ1v) is 7.67. The summed E-state index contributed by atoms with van der Waals surface area (Å²) in [6.07, 6.45) is 8.05. The van der Waals surface area contributed by atoms with E-state index in [1.807, 2.05) is 0 Å². The maximum atomic E-state index is 6.69. The third-order valence-electron chi connectivity index (χ3n) is 5.11. The van der Waals surface area contributed by atoms with Crippen molar-refractivity contribution in [3.8, 4) is 0 Å². The lowest BCUT2D eigenvalue weighted by Gasteiger charge is -2.44. The van der Waals surface area contributed by atoms with Gasteiger partial charge in [-0.3, -0.25) is 0 Å². The molecule has 1 aliphatic carbocycles. The van der Waals surface area contributed by atoms with Crippen LogP contribution < -0.4 is 5.73 Å². The predicted molar refractivity (Wildman–Crippen MR) is 81.6 cm³/mol. The van der Waals surface area contributed by atoms with Gasteiger partial charge < -0.3 is 5.73 Å². The highest BCUT2D eigenvalue weighted by atomic mass is 14.8. The smallest absolute Gasteiger partial charge is 0.0277 e. The fourth-order valence-electron chi connectivity index (χ4n) is 3.76. The van der Waals surface area contributed by atoms with Gasteiger partial charge in [0.2, 0.25) is 0 Å². The van der Waals surface area contributed by atoms with Crippen LogP contribution in [-0.2, 0) is 0 Å². The second-order valence-corrected chi connectivity index (χ2v) is 5.78. The summed E-state index contributed by atoms with van der Waals surface area (Å²) in [5.41, 5.74) is 11.4. The van der Waals surface area contributed by atoms with Crippen LogP contribution in [0.1, 0.15) is 73.6 Å². The quantitative estimate of drug-likeness (QED) is 0.706. The Bertz CT molecular complexity index is 360. The molecule has 1 nitrogen and oxygen atoms in total. The van der Waals surface area contributed by atoms with Crippen LogP contribution in [0.15, 0.2) is 22.8 Å². The normalized spacial score (nSPS) is 27.4. The molecule has 0 bridgehead atoms. The Balaban J connectivity index is 3.45. The van der Waals surface area contributed by atoms with Crippen LogP contribution in [-0.4, -0.2) is 5.54 Å². The predicted octanol–water partition coefficient (Wildman–Crippen LogP) is 4.98. The molecule has 2 unspecified atom stereocenters. The Morgan fingerprint density at radius 3 is 2.00 bits per heavy atom. The van der Waals surface area contributed by atoms with E-state index >= 15 is 0 Å². The van der Waals surface area contributed by atoms with Crippen LogP contribution >= 0.6 is 0 Å². The first-order valence-electron chi connectivity index (χ1n) is 7.67. The fourth-order valence-corrected chi connectivity index (χ4v) is 3.76. The molecule has 0 aromatic heterocycles. The zero-order chi connectivity index (χ0) is 14.0. The first kappa shape index (κ1) is 15.5. The highest BCUT2D eigenvalue weighted by Crippen LogP contribution is 2.53. The van der Waals surface area contributed by atoms with Crippen molar-refractivity contribution in [1.29, 1.82) is 0 Å². The van der Waals surface area contributed by atoms with Gasteiger partial charge in [-0.05, 0) is 50.2 Å². The molecule has 0 amide bonds. The molecule has 0 fully saturated rings. The molecular weight excluding hydrogens is 218 g/mol. The maximum absolute atomic E-state index is 6.69. The largest absolute Gasteiger partial charge is 0.324 e. The Kier molecular flexibility index (Phi) is 4.83. The van der Waals surface area contributed by atoms with Crippen molar-refractivity contribution in [1.82, 2.24) is 0 Å². The molecule has 0 aliphatic heterocycles. The number of hydrogen-bond donors (Lipinski definition) is 1. The van der Waals surface area contributed by atoms with Crippen LogP contribution in [0.5, 0.6) is 0 Å². The van der Waals surface area contributed by atoms with E-state index in [1.165, 1.54) is 0 Å². The summed E-state index contributed by atoms with van der Waals surface area (Å²) >= 11 is 0. The zero-order valence-corrected chi connectivity index (χ0v) is 13.2. The van der Waals surface area contributed by atoms with E-state index in [0.717, 1.165) is 32.1 Å². The second kappa shape index (κ2) is 5.61. The molecule has 0 heterocycles. The van der Waals surface area contributed by atoms with E-state index in [9.17, 15) is 0 Å². The number of rotatable bonds is 6. The summed E-state index contributed by atoms with van der Waals surface area (Å²) in [5.74, 6) is 0. The minimum absolute atomic E-state index is 0.0905. The summed E-state index contributed by atoms with van der Waals surface area (Å²) in [4.78, 5) is 0. The average Bonchev–Trinajstić information content (AvgIpc) is 2.72. The van der Waals surface area contributed by atoms with E-state index in [4.69, 9.17) is 5.73 Å². The molecule has 0 aromatic carbocycles. The van der Waals surface area contributed by atoms with E-state index in [0.29, 0.717) is 0 Å². The minimum Gasteiger partial charge on any atom is -0.324 e. The van der Waals surface area contributed by atoms with Crippen molar-refractivity contribution in [3.05, 3.63) is 22.8 Å². The van der Waals surface area contributed by atoms with Crippen molar-refractivity contribution in [2.45, 2.75) is 79.2 Å². The SMILES string of the molecule is CCC1=CC(CC)(C(C)(N)CC)C(CC)=C1CC. The average molecular weight is 249 g/mol. The van der Waals surface area contributed by atoms with Gasteiger partial charge in [0.1, 0.15) is 0 Å². The van der Waals surface area contributed by atoms with E-state index in [-0.39, 0.29) is 11.0 Å². The van der Waals surface area contributed by atoms with Gasteiger partial charge in [-0.15, -0.1) is 0 Å². The lowest BCUT2D eigenvalue weighted by atomic mass is 9.63. The first-order chi connectivity index (χ1) is 8.43. The van der Waals surface area contributed by atoms with Crippen molar-refractivity contribution < 1.29 is 0 Å². The Hall–Kier alpha value is -0.560. The van der Waals surface area contributed by atoms with Crippen LogP contribution in [0, 0.1) is 5.41 Å². The number of nitrogens with two attached hydrogens (primary N) is 1. The van der Waals surface area contributed by atoms with Crippen molar-refractivity contribution in [2.75, 3.05) is 0 Å². The van der Waals surface area contributed by atoms with Gasteiger partial charge in [-0.25, -0.2) is 0 Å². The van der Waals surface area contributed by atoms with Crippen LogP contribution in [0.25, 0.3) is 0 Å². The molecule has 0 aromatic rings. The van der Waals surface area contributed by atoms with Gasteiger partial charge in [-0.2, -0.15) is 0 Å². The molecule has 0 saturated carbocycles. The third kappa shape index (κ3) is 2.07. The third-order valence-corrected chi connectivity index (χ3v) is 5.11. The topological polar surface area (TPSA) is 26.0 Å². The summed E-state index contributed by atoms with van der Waals surface area (Å²) in [5, 5.41) is 0. The molecule has 2 atom stereocenters. The number of hydrogen-bond acceptors (Lipinski definition) is 1. The summed E-state index contributed by atoms with van der Waals surface area (Å²) < 4.78 is 0. The molecule has 0 spiro atoms. The molecule has 0 saturated heterocycles.